The fourth-order valence-electron chi connectivity index (χ4n) is 2.91. The van der Waals surface area contributed by atoms with Crippen LogP contribution in [0.5, 0.6) is 11.5 Å². The van der Waals surface area contributed by atoms with E-state index in [-0.39, 0.29) is 11.1 Å². The third-order valence-electron chi connectivity index (χ3n) is 4.08. The summed E-state index contributed by atoms with van der Waals surface area (Å²) in [6.07, 6.45) is 3.70. The van der Waals surface area contributed by atoms with E-state index in [4.69, 9.17) is 9.47 Å². The molecule has 1 saturated heterocycles. The Morgan fingerprint density at radius 3 is 2.41 bits per heavy atom. The number of benzene rings is 1. The number of thioether (sulfide) groups is 1. The third kappa shape index (κ3) is 5.49. The van der Waals surface area contributed by atoms with Crippen LogP contribution < -0.4 is 9.47 Å². The molecule has 2 rings (SSSR count). The molecular formula is C20H28N2O4S. The summed E-state index contributed by atoms with van der Waals surface area (Å²) in [5.74, 6) is 1.01. The van der Waals surface area contributed by atoms with Gasteiger partial charge in [0.15, 0.2) is 11.5 Å². The van der Waals surface area contributed by atoms with Crippen molar-refractivity contribution >= 4 is 29.0 Å². The van der Waals surface area contributed by atoms with Crippen molar-refractivity contribution in [2.75, 3.05) is 33.5 Å². The molecule has 148 valence electrons. The molecule has 1 aliphatic heterocycles. The lowest BCUT2D eigenvalue weighted by Crippen LogP contribution is -2.41. The van der Waals surface area contributed by atoms with E-state index < -0.39 is 0 Å². The molecule has 0 aliphatic carbocycles. The number of amides is 2. The van der Waals surface area contributed by atoms with Gasteiger partial charge in [-0.1, -0.05) is 19.9 Å². The smallest absolute Gasteiger partial charge is 0.294 e. The Kier molecular flexibility index (Phi) is 8.19. The van der Waals surface area contributed by atoms with Crippen molar-refractivity contribution in [3.63, 3.8) is 0 Å². The van der Waals surface area contributed by atoms with E-state index in [2.05, 4.69) is 18.7 Å². The number of hydrogen-bond donors (Lipinski definition) is 0. The van der Waals surface area contributed by atoms with E-state index in [1.807, 2.05) is 19.1 Å². The minimum Gasteiger partial charge on any atom is -0.493 e. The highest BCUT2D eigenvalue weighted by atomic mass is 32.2. The van der Waals surface area contributed by atoms with Crippen molar-refractivity contribution in [2.24, 2.45) is 0 Å². The summed E-state index contributed by atoms with van der Waals surface area (Å²) in [4.78, 5) is 29.0. The minimum atomic E-state index is -0.241. The van der Waals surface area contributed by atoms with Gasteiger partial charge >= 0.3 is 0 Å². The fourth-order valence-corrected chi connectivity index (χ4v) is 3.74. The van der Waals surface area contributed by atoms with E-state index in [9.17, 15) is 9.59 Å². The number of carbonyl (C=O) groups excluding carboxylic acids is 2. The Morgan fingerprint density at radius 1 is 1.11 bits per heavy atom. The molecular weight excluding hydrogens is 364 g/mol. The second-order valence-corrected chi connectivity index (χ2v) is 7.21. The van der Waals surface area contributed by atoms with Gasteiger partial charge in [-0.05, 0) is 68.4 Å². The Morgan fingerprint density at radius 2 is 1.81 bits per heavy atom. The van der Waals surface area contributed by atoms with Crippen LogP contribution in [0.2, 0.25) is 0 Å². The molecule has 0 N–H and O–H groups in total. The van der Waals surface area contributed by atoms with Crippen LogP contribution in [0.25, 0.3) is 6.08 Å². The summed E-state index contributed by atoms with van der Waals surface area (Å²) in [6, 6.07) is 5.46. The van der Waals surface area contributed by atoms with Crippen LogP contribution in [0, 0.1) is 0 Å². The van der Waals surface area contributed by atoms with Gasteiger partial charge < -0.3 is 9.47 Å². The number of rotatable bonds is 10. The lowest BCUT2D eigenvalue weighted by molar-refractivity contribution is -0.124. The molecule has 0 radical (unpaired) electrons. The van der Waals surface area contributed by atoms with Gasteiger partial charge in [-0.2, -0.15) is 0 Å². The molecule has 1 aromatic rings. The minimum absolute atomic E-state index is 0.221. The predicted molar refractivity (Wildman–Crippen MR) is 109 cm³/mol. The van der Waals surface area contributed by atoms with Crippen molar-refractivity contribution in [1.82, 2.24) is 9.80 Å². The molecule has 0 bridgehead atoms. The van der Waals surface area contributed by atoms with Crippen molar-refractivity contribution in [3.8, 4) is 11.5 Å². The average molecular weight is 393 g/mol. The summed E-state index contributed by atoms with van der Waals surface area (Å²) in [6.45, 7) is 8.71. The maximum absolute atomic E-state index is 12.7. The molecule has 1 aliphatic rings. The summed E-state index contributed by atoms with van der Waals surface area (Å²) >= 11 is 0.983. The monoisotopic (exact) mass is 392 g/mol. The first-order valence-corrected chi connectivity index (χ1v) is 10.1. The SMILES string of the molecule is CCCN(CCC)CN1C(=O)S/C(=C/c2ccc(OCC)c(OC)c2)C1=O. The molecule has 1 aromatic carbocycles. The summed E-state index contributed by atoms with van der Waals surface area (Å²) in [5.41, 5.74) is 0.791. The predicted octanol–water partition coefficient (Wildman–Crippen LogP) is 4.21. The molecule has 7 heteroatoms. The van der Waals surface area contributed by atoms with Crippen molar-refractivity contribution < 1.29 is 19.1 Å². The maximum atomic E-state index is 12.7. The first kappa shape index (κ1) is 21.3. The highest BCUT2D eigenvalue weighted by Gasteiger charge is 2.35. The summed E-state index contributed by atoms with van der Waals surface area (Å²) in [7, 11) is 1.57. The molecule has 1 heterocycles. The zero-order valence-electron chi connectivity index (χ0n) is 16.5. The van der Waals surface area contributed by atoms with Crippen LogP contribution >= 0.6 is 11.8 Å². The van der Waals surface area contributed by atoms with Crippen LogP contribution in [-0.4, -0.2) is 54.4 Å². The summed E-state index contributed by atoms with van der Waals surface area (Å²) < 4.78 is 10.9. The highest BCUT2D eigenvalue weighted by molar-refractivity contribution is 8.18. The van der Waals surface area contributed by atoms with Crippen molar-refractivity contribution in [3.05, 3.63) is 28.7 Å². The Labute approximate surface area is 165 Å². The Balaban J connectivity index is 2.17. The van der Waals surface area contributed by atoms with Crippen LogP contribution in [0.15, 0.2) is 23.1 Å². The van der Waals surface area contributed by atoms with Crippen LogP contribution in [0.3, 0.4) is 0 Å². The molecule has 0 unspecified atom stereocenters. The van der Waals surface area contributed by atoms with E-state index in [1.165, 1.54) is 4.90 Å². The number of imide groups is 1. The maximum Gasteiger partial charge on any atom is 0.294 e. The molecule has 1 fully saturated rings. The molecule has 0 atom stereocenters. The van der Waals surface area contributed by atoms with Gasteiger partial charge in [0.2, 0.25) is 0 Å². The third-order valence-corrected chi connectivity index (χ3v) is 4.99. The Hall–Kier alpha value is -1.99. The Bertz CT molecular complexity index is 699. The number of ether oxygens (including phenoxy) is 2. The van der Waals surface area contributed by atoms with Gasteiger partial charge in [-0.15, -0.1) is 0 Å². The lowest BCUT2D eigenvalue weighted by atomic mass is 10.2. The number of carbonyl (C=O) groups is 2. The van der Waals surface area contributed by atoms with Gasteiger partial charge in [-0.25, -0.2) is 0 Å². The molecule has 6 nitrogen and oxygen atoms in total. The highest BCUT2D eigenvalue weighted by Crippen LogP contribution is 2.34. The van der Waals surface area contributed by atoms with Crippen LogP contribution in [0.1, 0.15) is 39.2 Å². The van der Waals surface area contributed by atoms with Crippen molar-refractivity contribution in [1.29, 1.82) is 0 Å². The van der Waals surface area contributed by atoms with Crippen LogP contribution in [-0.2, 0) is 4.79 Å². The zero-order valence-corrected chi connectivity index (χ0v) is 17.3. The standard InChI is InChI=1S/C20H28N2O4S/c1-5-10-21(11-6-2)14-22-19(23)18(27-20(22)24)13-15-8-9-16(26-7-3)17(12-15)25-4/h8-9,12-13H,5-7,10-11,14H2,1-4H3/b18-13+. The van der Waals surface area contributed by atoms with Gasteiger partial charge in [0.1, 0.15) is 0 Å². The van der Waals surface area contributed by atoms with E-state index in [0.717, 1.165) is 43.3 Å². The first-order chi connectivity index (χ1) is 13.0. The molecule has 27 heavy (non-hydrogen) atoms. The number of methoxy groups -OCH3 is 1. The van der Waals surface area contributed by atoms with Crippen molar-refractivity contribution in [2.45, 2.75) is 33.6 Å². The van der Waals surface area contributed by atoms with Gasteiger partial charge in [0, 0.05) is 0 Å². The quantitative estimate of drug-likeness (QED) is 0.556. The zero-order chi connectivity index (χ0) is 19.8. The molecule has 0 spiro atoms. The van der Waals surface area contributed by atoms with Gasteiger partial charge in [-0.3, -0.25) is 19.4 Å². The second kappa shape index (κ2) is 10.4. The summed E-state index contributed by atoms with van der Waals surface area (Å²) in [5, 5.41) is -0.221. The normalized spacial score (nSPS) is 15.9. The fraction of sp³-hybridized carbons (Fsp3) is 0.500. The van der Waals surface area contributed by atoms with Gasteiger partial charge in [0.05, 0.1) is 25.3 Å². The number of nitrogens with zero attached hydrogens (tertiary/aromatic N) is 2. The topological polar surface area (TPSA) is 59.1 Å². The molecule has 0 saturated carbocycles. The van der Waals surface area contributed by atoms with E-state index >= 15 is 0 Å². The second-order valence-electron chi connectivity index (χ2n) is 6.21. The lowest BCUT2D eigenvalue weighted by Gasteiger charge is -2.25. The van der Waals surface area contributed by atoms with E-state index in [1.54, 1.807) is 19.3 Å². The molecule has 0 aromatic heterocycles. The van der Waals surface area contributed by atoms with Crippen LogP contribution in [0.4, 0.5) is 4.79 Å². The van der Waals surface area contributed by atoms with E-state index in [0.29, 0.717) is 29.7 Å². The average Bonchev–Trinajstić information content (AvgIpc) is 2.91. The number of hydrogen-bond acceptors (Lipinski definition) is 6. The molecule has 2 amide bonds. The largest absolute Gasteiger partial charge is 0.493 e. The van der Waals surface area contributed by atoms with Gasteiger partial charge in [0.25, 0.3) is 11.1 Å². The first-order valence-electron chi connectivity index (χ1n) is 9.32.